The van der Waals surface area contributed by atoms with E-state index in [0.29, 0.717) is 33.5 Å². The fraction of sp³-hybridized carbons (Fsp3) is 0. The molecule has 0 aliphatic heterocycles. The van der Waals surface area contributed by atoms with Crippen molar-refractivity contribution in [1.82, 2.24) is 0 Å². The van der Waals surface area contributed by atoms with E-state index in [2.05, 4.69) is 0 Å². The standard InChI is InChI=1S/C54H35NO/c1-3-13-40-33-42(23-21-36(40)11-1)38-25-29-45(30-26-38)55(46-31-27-39(28-32-46)43-24-22-37-12-2-4-14-41(37)34-43)51-19-9-7-17-48(51)50-35-44-15-5-6-16-47(44)54-53(50)49-18-8-10-20-52(49)56-54/h1-35H/i25D,26D,27D,28D,29D,30D,31D,32D. The van der Waals surface area contributed by atoms with Gasteiger partial charge in [-0.15, -0.1) is 0 Å². The van der Waals surface area contributed by atoms with Gasteiger partial charge in [0, 0.05) is 33.1 Å². The van der Waals surface area contributed by atoms with Crippen molar-refractivity contribution in [2.24, 2.45) is 0 Å². The van der Waals surface area contributed by atoms with Crippen LogP contribution in [0.4, 0.5) is 17.1 Å². The van der Waals surface area contributed by atoms with E-state index in [1.807, 2.05) is 140 Å². The van der Waals surface area contributed by atoms with Gasteiger partial charge < -0.3 is 9.32 Å². The van der Waals surface area contributed by atoms with Crippen LogP contribution in [0, 0.1) is 0 Å². The van der Waals surface area contributed by atoms with E-state index in [0.717, 1.165) is 48.7 Å². The first-order chi connectivity index (χ1) is 31.1. The summed E-state index contributed by atoms with van der Waals surface area (Å²) < 4.78 is 83.7. The molecule has 0 aliphatic rings. The molecule has 0 unspecified atom stereocenters. The number of benzene rings is 10. The van der Waals surface area contributed by atoms with Gasteiger partial charge in [-0.3, -0.25) is 0 Å². The van der Waals surface area contributed by atoms with Gasteiger partial charge in [0.1, 0.15) is 11.2 Å². The summed E-state index contributed by atoms with van der Waals surface area (Å²) in [6.07, 6.45) is 0. The Morgan fingerprint density at radius 1 is 0.375 bits per heavy atom. The number of hydrogen-bond acceptors (Lipinski definition) is 2. The van der Waals surface area contributed by atoms with Gasteiger partial charge in [0.2, 0.25) is 0 Å². The average Bonchev–Trinajstić information content (AvgIpc) is 3.72. The Kier molecular flexibility index (Phi) is 5.83. The SMILES string of the molecule is [2H]c1c([2H])c(N(c2ccccc2-c2cc3ccccc3c3oc4ccccc4c23)c2c([2H])c([2H])c(-c3ccc4ccccc4c3)c([2H])c2[2H])c([2H])c([2H])c1-c1ccc2ccccc2c1. The molecule has 262 valence electrons. The highest BCUT2D eigenvalue weighted by molar-refractivity contribution is 6.22. The maximum Gasteiger partial charge on any atom is 0.143 e. The molecule has 0 atom stereocenters. The summed E-state index contributed by atoms with van der Waals surface area (Å²) in [5.41, 5.74) is 3.73. The monoisotopic (exact) mass is 721 g/mol. The molecule has 0 aliphatic carbocycles. The first-order valence-corrected chi connectivity index (χ1v) is 18.5. The zero-order valence-electron chi connectivity index (χ0n) is 37.9. The first kappa shape index (κ1) is 24.8. The molecule has 0 saturated carbocycles. The third-order valence-electron chi connectivity index (χ3n) is 10.6. The largest absolute Gasteiger partial charge is 0.455 e. The van der Waals surface area contributed by atoms with Crippen LogP contribution in [0.15, 0.2) is 217 Å². The summed E-state index contributed by atoms with van der Waals surface area (Å²) in [5, 5.41) is 7.12. The molecule has 56 heavy (non-hydrogen) atoms. The molecule has 2 nitrogen and oxygen atoms in total. The number of nitrogens with zero attached hydrogens (tertiary/aromatic N) is 1. The number of anilines is 3. The van der Waals surface area contributed by atoms with Gasteiger partial charge in [-0.2, -0.15) is 0 Å². The van der Waals surface area contributed by atoms with E-state index < -0.39 is 24.2 Å². The van der Waals surface area contributed by atoms with Gasteiger partial charge >= 0.3 is 0 Å². The Morgan fingerprint density at radius 3 is 1.50 bits per heavy atom. The lowest BCUT2D eigenvalue weighted by atomic mass is 9.93. The van der Waals surface area contributed by atoms with E-state index in [4.69, 9.17) is 4.42 Å². The topological polar surface area (TPSA) is 16.4 Å². The fourth-order valence-electron chi connectivity index (χ4n) is 7.84. The quantitative estimate of drug-likeness (QED) is 0.170. The number of furan rings is 1. The number of para-hydroxylation sites is 2. The molecule has 0 N–H and O–H groups in total. The molecule has 11 aromatic rings. The summed E-state index contributed by atoms with van der Waals surface area (Å²) in [4.78, 5) is 1.40. The average molecular weight is 722 g/mol. The molecule has 0 fully saturated rings. The lowest BCUT2D eigenvalue weighted by molar-refractivity contribution is 0.673. The van der Waals surface area contributed by atoms with Crippen molar-refractivity contribution in [2.75, 3.05) is 4.90 Å². The van der Waals surface area contributed by atoms with Crippen LogP contribution in [0.2, 0.25) is 0 Å². The second-order valence-corrected chi connectivity index (χ2v) is 13.9. The van der Waals surface area contributed by atoms with Gasteiger partial charge in [0.15, 0.2) is 0 Å². The molecule has 0 spiro atoms. The van der Waals surface area contributed by atoms with Crippen LogP contribution in [0.5, 0.6) is 0 Å². The molecule has 0 radical (unpaired) electrons. The summed E-state index contributed by atoms with van der Waals surface area (Å²) >= 11 is 0. The van der Waals surface area contributed by atoms with Crippen LogP contribution >= 0.6 is 0 Å². The van der Waals surface area contributed by atoms with Gasteiger partial charge in [-0.1, -0.05) is 158 Å². The van der Waals surface area contributed by atoms with Crippen LogP contribution in [-0.4, -0.2) is 0 Å². The van der Waals surface area contributed by atoms with Crippen LogP contribution in [-0.2, 0) is 0 Å². The van der Waals surface area contributed by atoms with Crippen LogP contribution < -0.4 is 4.90 Å². The maximum atomic E-state index is 9.75. The van der Waals surface area contributed by atoms with Gasteiger partial charge in [-0.05, 0) is 109 Å². The van der Waals surface area contributed by atoms with Crippen molar-refractivity contribution in [3.05, 3.63) is 212 Å². The predicted molar refractivity (Wildman–Crippen MR) is 237 cm³/mol. The van der Waals surface area contributed by atoms with Gasteiger partial charge in [0.05, 0.1) is 16.7 Å². The highest BCUT2D eigenvalue weighted by atomic mass is 16.3. The van der Waals surface area contributed by atoms with E-state index in [9.17, 15) is 11.0 Å². The molecular weight excluding hydrogens is 679 g/mol. The summed E-state index contributed by atoms with van der Waals surface area (Å²) in [6, 6.07) is 48.6. The van der Waals surface area contributed by atoms with Crippen molar-refractivity contribution >= 4 is 71.3 Å². The zero-order valence-corrected chi connectivity index (χ0v) is 29.9. The highest BCUT2D eigenvalue weighted by Gasteiger charge is 2.22. The normalized spacial score (nSPS) is 13.6. The van der Waals surface area contributed by atoms with E-state index in [-0.39, 0.29) is 46.7 Å². The molecule has 10 aromatic carbocycles. The molecule has 0 bridgehead atoms. The Balaban J connectivity index is 1.23. The summed E-state index contributed by atoms with van der Waals surface area (Å²) in [7, 11) is 0. The van der Waals surface area contributed by atoms with Crippen molar-refractivity contribution in [2.45, 2.75) is 0 Å². The number of hydrogen-bond donors (Lipinski definition) is 0. The van der Waals surface area contributed by atoms with E-state index in [1.54, 1.807) is 24.3 Å². The Labute approximate surface area is 336 Å². The summed E-state index contributed by atoms with van der Waals surface area (Å²) in [5.74, 6) is 0. The van der Waals surface area contributed by atoms with Crippen LogP contribution in [0.1, 0.15) is 11.0 Å². The molecular formula is C54H35NO. The molecule has 1 aromatic heterocycles. The molecule has 11 rings (SSSR count). The Morgan fingerprint density at radius 2 is 0.875 bits per heavy atom. The third kappa shape index (κ3) is 5.42. The number of rotatable bonds is 6. The molecule has 0 amide bonds. The minimum absolute atomic E-state index is 0.102. The van der Waals surface area contributed by atoms with E-state index in [1.165, 1.54) is 4.90 Å². The van der Waals surface area contributed by atoms with Crippen molar-refractivity contribution in [3.8, 4) is 33.4 Å². The van der Waals surface area contributed by atoms with Gasteiger partial charge in [0.25, 0.3) is 0 Å². The fourth-order valence-corrected chi connectivity index (χ4v) is 7.84. The number of fused-ring (bicyclic) bond motifs is 7. The lowest BCUT2D eigenvalue weighted by Crippen LogP contribution is -2.11. The predicted octanol–water partition coefficient (Wildman–Crippen LogP) is 15.5. The van der Waals surface area contributed by atoms with E-state index >= 15 is 0 Å². The zero-order chi connectivity index (χ0) is 44.0. The molecule has 0 saturated heterocycles. The Bertz CT molecular complexity index is 3540. The molecule has 1 heterocycles. The minimum Gasteiger partial charge on any atom is -0.455 e. The van der Waals surface area contributed by atoms with Crippen LogP contribution in [0.25, 0.3) is 87.6 Å². The summed E-state index contributed by atoms with van der Waals surface area (Å²) in [6.45, 7) is 0. The minimum atomic E-state index is -0.410. The Hall–Kier alpha value is -7.42. The highest BCUT2D eigenvalue weighted by Crippen LogP contribution is 2.47. The lowest BCUT2D eigenvalue weighted by Gasteiger charge is -2.28. The maximum absolute atomic E-state index is 9.75. The second kappa shape index (κ2) is 13.2. The third-order valence-corrected chi connectivity index (χ3v) is 10.6. The van der Waals surface area contributed by atoms with Crippen molar-refractivity contribution < 1.29 is 15.4 Å². The molecule has 2 heteroatoms. The smallest absolute Gasteiger partial charge is 0.143 e. The van der Waals surface area contributed by atoms with Gasteiger partial charge in [-0.25, -0.2) is 0 Å². The first-order valence-electron chi connectivity index (χ1n) is 22.5. The van der Waals surface area contributed by atoms with Crippen molar-refractivity contribution in [1.29, 1.82) is 0 Å². The van der Waals surface area contributed by atoms with Crippen LogP contribution in [0.3, 0.4) is 0 Å². The van der Waals surface area contributed by atoms with Crippen molar-refractivity contribution in [3.63, 3.8) is 0 Å². The second-order valence-electron chi connectivity index (χ2n) is 13.9.